The quantitative estimate of drug-likeness (QED) is 0.938. The number of rotatable bonds is 3. The molecule has 0 unspecified atom stereocenters. The molecule has 0 fully saturated rings. The number of pyridine rings is 1. The van der Waals surface area contributed by atoms with Gasteiger partial charge in [-0.25, -0.2) is 4.39 Å². The lowest BCUT2D eigenvalue weighted by Crippen LogP contribution is -2.03. The van der Waals surface area contributed by atoms with Crippen molar-refractivity contribution in [3.63, 3.8) is 0 Å². The van der Waals surface area contributed by atoms with E-state index in [0.29, 0.717) is 5.69 Å². The van der Waals surface area contributed by atoms with E-state index >= 15 is 0 Å². The summed E-state index contributed by atoms with van der Waals surface area (Å²) in [4.78, 5) is 13.7. The van der Waals surface area contributed by atoms with E-state index in [1.54, 1.807) is 57.5 Å². The summed E-state index contributed by atoms with van der Waals surface area (Å²) in [5.41, 5.74) is 1.11. The van der Waals surface area contributed by atoms with E-state index in [-0.39, 0.29) is 11.7 Å². The molecule has 112 valence electrons. The first kappa shape index (κ1) is 16.6. The Morgan fingerprint density at radius 1 is 1.24 bits per heavy atom. The second-order valence-corrected chi connectivity index (χ2v) is 4.56. The van der Waals surface area contributed by atoms with Crippen molar-refractivity contribution in [1.29, 1.82) is 0 Å². The molecule has 1 aromatic heterocycles. The number of carbonyl (C=O) groups is 1. The number of carboxylic acid groups (broad SMARTS) is 1. The van der Waals surface area contributed by atoms with Crippen LogP contribution in [-0.4, -0.2) is 23.2 Å². The molecule has 1 heterocycles. The second-order valence-electron chi connectivity index (χ2n) is 4.56. The summed E-state index contributed by atoms with van der Waals surface area (Å²) in [5.74, 6) is -0.544. The van der Waals surface area contributed by atoms with Crippen LogP contribution in [0.4, 0.5) is 4.39 Å². The van der Waals surface area contributed by atoms with Crippen molar-refractivity contribution in [2.45, 2.75) is 13.8 Å². The van der Waals surface area contributed by atoms with Crippen molar-refractivity contribution in [1.82, 2.24) is 4.98 Å². The van der Waals surface area contributed by atoms with Crippen LogP contribution in [0.5, 0.6) is 5.75 Å². The predicted molar refractivity (Wildman–Crippen MR) is 78.7 cm³/mol. The van der Waals surface area contributed by atoms with Crippen molar-refractivity contribution in [3.8, 4) is 17.0 Å². The number of nitrogens with zero attached hydrogens (tertiary/aromatic N) is 1. The lowest BCUT2D eigenvalue weighted by Gasteiger charge is -2.03. The van der Waals surface area contributed by atoms with Crippen LogP contribution >= 0.6 is 0 Å². The predicted octanol–water partition coefficient (Wildman–Crippen LogP) is 3.62. The third kappa shape index (κ3) is 5.22. The van der Waals surface area contributed by atoms with Gasteiger partial charge in [-0.1, -0.05) is 13.8 Å². The average Bonchev–Trinajstić information content (AvgIpc) is 2.48. The van der Waals surface area contributed by atoms with E-state index in [1.165, 1.54) is 6.07 Å². The minimum absolute atomic E-state index is 0.231. The van der Waals surface area contributed by atoms with E-state index in [0.717, 1.165) is 11.3 Å². The zero-order chi connectivity index (χ0) is 15.8. The van der Waals surface area contributed by atoms with Gasteiger partial charge in [0.1, 0.15) is 17.3 Å². The summed E-state index contributed by atoms with van der Waals surface area (Å²) in [7, 11) is 1.59. The van der Waals surface area contributed by atoms with Crippen LogP contribution in [0.3, 0.4) is 0 Å². The Balaban J connectivity index is 0.000000315. The van der Waals surface area contributed by atoms with Gasteiger partial charge in [-0.3, -0.25) is 9.78 Å². The summed E-state index contributed by atoms with van der Waals surface area (Å²) >= 11 is 0. The van der Waals surface area contributed by atoms with Gasteiger partial charge in [0.2, 0.25) is 0 Å². The molecule has 1 aromatic carbocycles. The Morgan fingerprint density at radius 2 is 1.81 bits per heavy atom. The molecule has 0 saturated carbocycles. The molecule has 1 N–H and O–H groups in total. The fourth-order valence-corrected chi connectivity index (χ4v) is 1.35. The molecule has 0 aliphatic heterocycles. The van der Waals surface area contributed by atoms with Crippen LogP contribution in [0, 0.1) is 11.7 Å². The molecule has 0 saturated heterocycles. The molecular formula is C16H18FNO3. The van der Waals surface area contributed by atoms with Crippen LogP contribution in [-0.2, 0) is 4.79 Å². The minimum Gasteiger partial charge on any atom is -0.497 e. The lowest BCUT2D eigenvalue weighted by molar-refractivity contribution is -0.140. The molecule has 0 amide bonds. The van der Waals surface area contributed by atoms with E-state index in [2.05, 4.69) is 4.98 Å². The Hall–Kier alpha value is -2.43. The topological polar surface area (TPSA) is 59.4 Å². The molecule has 4 nitrogen and oxygen atoms in total. The van der Waals surface area contributed by atoms with Gasteiger partial charge in [0.05, 0.1) is 13.0 Å². The maximum atomic E-state index is 13.4. The SMILES string of the molecule is CC(C)C(=O)O.COc1ccc(-c2ncccc2F)cc1. The number of aliphatic carboxylic acids is 1. The largest absolute Gasteiger partial charge is 0.497 e. The van der Waals surface area contributed by atoms with Crippen LogP contribution < -0.4 is 4.74 Å². The normalized spacial score (nSPS) is 9.76. The highest BCUT2D eigenvalue weighted by Gasteiger charge is 2.04. The van der Waals surface area contributed by atoms with Crippen LogP contribution in [0.25, 0.3) is 11.3 Å². The number of hydrogen-bond acceptors (Lipinski definition) is 3. The molecule has 0 aliphatic rings. The number of hydrogen-bond donors (Lipinski definition) is 1. The Bertz CT molecular complexity index is 582. The number of benzene rings is 1. The molecule has 0 atom stereocenters. The number of halogens is 1. The lowest BCUT2D eigenvalue weighted by atomic mass is 10.1. The first-order valence-corrected chi connectivity index (χ1v) is 6.43. The highest BCUT2D eigenvalue weighted by molar-refractivity contribution is 5.68. The summed E-state index contributed by atoms with van der Waals surface area (Å²) in [5, 5.41) is 7.99. The zero-order valence-electron chi connectivity index (χ0n) is 12.2. The monoisotopic (exact) mass is 291 g/mol. The van der Waals surface area contributed by atoms with Gasteiger partial charge < -0.3 is 9.84 Å². The molecule has 0 bridgehead atoms. The maximum absolute atomic E-state index is 13.4. The summed E-state index contributed by atoms with van der Waals surface area (Å²) < 4.78 is 18.4. The molecule has 21 heavy (non-hydrogen) atoms. The van der Waals surface area contributed by atoms with Gasteiger partial charge in [0, 0.05) is 11.8 Å². The van der Waals surface area contributed by atoms with Crippen LogP contribution in [0.1, 0.15) is 13.8 Å². The highest BCUT2D eigenvalue weighted by Crippen LogP contribution is 2.22. The number of aromatic nitrogens is 1. The fraction of sp³-hybridized carbons (Fsp3) is 0.250. The van der Waals surface area contributed by atoms with Crippen molar-refractivity contribution in [2.24, 2.45) is 5.92 Å². The zero-order valence-corrected chi connectivity index (χ0v) is 12.2. The Labute approximate surface area is 123 Å². The van der Waals surface area contributed by atoms with E-state index < -0.39 is 5.97 Å². The van der Waals surface area contributed by atoms with E-state index in [9.17, 15) is 9.18 Å². The molecule has 0 spiro atoms. The van der Waals surface area contributed by atoms with Gasteiger partial charge in [0.25, 0.3) is 0 Å². The van der Waals surface area contributed by atoms with Gasteiger partial charge >= 0.3 is 5.97 Å². The first-order chi connectivity index (χ1) is 9.95. The summed E-state index contributed by atoms with van der Waals surface area (Å²) in [6, 6.07) is 10.1. The van der Waals surface area contributed by atoms with Crippen molar-refractivity contribution < 1.29 is 19.0 Å². The van der Waals surface area contributed by atoms with Gasteiger partial charge in [-0.05, 0) is 36.4 Å². The molecule has 0 aliphatic carbocycles. The van der Waals surface area contributed by atoms with Crippen LogP contribution in [0.15, 0.2) is 42.6 Å². The third-order valence-electron chi connectivity index (χ3n) is 2.62. The summed E-state index contributed by atoms with van der Waals surface area (Å²) in [6.45, 7) is 3.28. The molecule has 5 heteroatoms. The smallest absolute Gasteiger partial charge is 0.305 e. The van der Waals surface area contributed by atoms with E-state index in [1.807, 2.05) is 0 Å². The maximum Gasteiger partial charge on any atom is 0.305 e. The van der Waals surface area contributed by atoms with Gasteiger partial charge in [-0.2, -0.15) is 0 Å². The van der Waals surface area contributed by atoms with Gasteiger partial charge in [-0.15, -0.1) is 0 Å². The number of methoxy groups -OCH3 is 1. The Kier molecular flexibility index (Phi) is 6.33. The fourth-order valence-electron chi connectivity index (χ4n) is 1.35. The standard InChI is InChI=1S/C12H10FNO.C4H8O2/c1-15-10-6-4-9(5-7-10)12-11(13)3-2-8-14-12;1-3(2)4(5)6/h2-8H,1H3;3H,1-2H3,(H,5,6). The number of carboxylic acids is 1. The average molecular weight is 291 g/mol. The van der Waals surface area contributed by atoms with Crippen molar-refractivity contribution >= 4 is 5.97 Å². The van der Waals surface area contributed by atoms with Crippen molar-refractivity contribution in [2.75, 3.05) is 7.11 Å². The van der Waals surface area contributed by atoms with Crippen molar-refractivity contribution in [3.05, 3.63) is 48.4 Å². The third-order valence-corrected chi connectivity index (χ3v) is 2.62. The molecule has 2 aromatic rings. The highest BCUT2D eigenvalue weighted by atomic mass is 19.1. The van der Waals surface area contributed by atoms with Crippen LogP contribution in [0.2, 0.25) is 0 Å². The van der Waals surface area contributed by atoms with Gasteiger partial charge in [0.15, 0.2) is 0 Å². The molecule has 2 rings (SSSR count). The first-order valence-electron chi connectivity index (χ1n) is 6.43. The molecule has 0 radical (unpaired) electrons. The summed E-state index contributed by atoms with van der Waals surface area (Å²) in [6.07, 6.45) is 1.57. The Morgan fingerprint density at radius 3 is 2.24 bits per heavy atom. The second kappa shape index (κ2) is 7.99. The number of ether oxygens (including phenoxy) is 1. The minimum atomic E-state index is -0.741. The van der Waals surface area contributed by atoms with E-state index in [4.69, 9.17) is 9.84 Å². The molecular weight excluding hydrogens is 273 g/mol.